The van der Waals surface area contributed by atoms with Gasteiger partial charge in [0.15, 0.2) is 0 Å². The molecule has 0 heterocycles. The number of carboxylic acid groups (broad SMARTS) is 1. The molecule has 0 radical (unpaired) electrons. The van der Waals surface area contributed by atoms with Crippen LogP contribution in [0.4, 0.5) is 4.79 Å². The molecule has 7 heavy (non-hydrogen) atoms. The van der Waals surface area contributed by atoms with Crippen molar-refractivity contribution in [1.29, 1.82) is 0 Å². The van der Waals surface area contributed by atoms with Crippen LogP contribution in [0, 0.1) is 0 Å². The molecule has 0 aliphatic carbocycles. The molecule has 3 nitrogen and oxygen atoms in total. The first-order chi connectivity index (χ1) is 3.18. The Morgan fingerprint density at radius 3 is 2.43 bits per heavy atom. The fourth-order valence-corrected chi connectivity index (χ4v) is 0.135. The molecule has 0 saturated heterocycles. The Morgan fingerprint density at radius 1 is 2.00 bits per heavy atom. The van der Waals surface area contributed by atoms with Gasteiger partial charge < -0.3 is 5.11 Å². The third-order valence-corrected chi connectivity index (χ3v) is 1.58. The standard InChI is InChI=1S/C3H6INO2/c1-2-5(4)3(6)7/h2H2,1H3,(H,6,7). The molecule has 0 aliphatic rings. The lowest BCUT2D eigenvalue weighted by atomic mass is 10.8. The highest BCUT2D eigenvalue weighted by Gasteiger charge is 2.00. The van der Waals surface area contributed by atoms with Crippen LogP contribution in [0.25, 0.3) is 0 Å². The summed E-state index contributed by atoms with van der Waals surface area (Å²) in [5.74, 6) is 0. The summed E-state index contributed by atoms with van der Waals surface area (Å²) in [5.41, 5.74) is 0. The zero-order valence-corrected chi connectivity index (χ0v) is 6.05. The lowest BCUT2D eigenvalue weighted by Crippen LogP contribution is -2.16. The smallest absolute Gasteiger partial charge is 0.416 e. The number of hydrogen-bond donors (Lipinski definition) is 1. The molecular weight excluding hydrogens is 209 g/mol. The summed E-state index contributed by atoms with van der Waals surface area (Å²) in [6.07, 6.45) is -0.886. The Morgan fingerprint density at radius 2 is 2.43 bits per heavy atom. The number of carbonyl (C=O) groups is 1. The van der Waals surface area contributed by atoms with Crippen molar-refractivity contribution in [2.45, 2.75) is 6.92 Å². The van der Waals surface area contributed by atoms with Crippen molar-refractivity contribution in [3.05, 3.63) is 0 Å². The predicted molar refractivity (Wildman–Crippen MR) is 34.4 cm³/mol. The molecule has 0 aromatic rings. The van der Waals surface area contributed by atoms with Crippen LogP contribution in [0.5, 0.6) is 0 Å². The fourth-order valence-electron chi connectivity index (χ4n) is 0.135. The fraction of sp³-hybridized carbons (Fsp3) is 0.667. The summed E-state index contributed by atoms with van der Waals surface area (Å²) in [4.78, 5) is 9.85. The van der Waals surface area contributed by atoms with E-state index in [2.05, 4.69) is 0 Å². The average molecular weight is 215 g/mol. The van der Waals surface area contributed by atoms with E-state index in [0.717, 1.165) is 0 Å². The summed E-state index contributed by atoms with van der Waals surface area (Å²) >= 11 is 1.73. The highest BCUT2D eigenvalue weighted by molar-refractivity contribution is 14.1. The highest BCUT2D eigenvalue weighted by atomic mass is 127. The molecule has 0 aliphatic heterocycles. The van der Waals surface area contributed by atoms with E-state index in [1.54, 1.807) is 29.8 Å². The van der Waals surface area contributed by atoms with Gasteiger partial charge in [0.2, 0.25) is 0 Å². The molecule has 42 valence electrons. The third kappa shape index (κ3) is 2.67. The minimum atomic E-state index is -0.886. The molecule has 0 aromatic carbocycles. The Kier molecular flexibility index (Phi) is 3.06. The highest BCUT2D eigenvalue weighted by Crippen LogP contribution is 1.95. The molecule has 0 saturated carbocycles. The first kappa shape index (κ1) is 7.00. The van der Waals surface area contributed by atoms with Crippen molar-refractivity contribution in [2.75, 3.05) is 6.54 Å². The molecule has 4 heteroatoms. The first-order valence-electron chi connectivity index (χ1n) is 1.84. The van der Waals surface area contributed by atoms with E-state index in [1.807, 2.05) is 0 Å². The van der Waals surface area contributed by atoms with E-state index >= 15 is 0 Å². The zero-order valence-electron chi connectivity index (χ0n) is 3.89. The van der Waals surface area contributed by atoms with Crippen LogP contribution in [0.3, 0.4) is 0 Å². The van der Waals surface area contributed by atoms with Gasteiger partial charge in [-0.05, 0) is 6.92 Å². The topological polar surface area (TPSA) is 40.5 Å². The van der Waals surface area contributed by atoms with E-state index in [0.29, 0.717) is 6.54 Å². The Bertz CT molecular complexity index is 75.3. The summed E-state index contributed by atoms with van der Waals surface area (Å²) in [6, 6.07) is 0. The predicted octanol–water partition coefficient (Wildman–Crippen LogP) is 1.34. The molecule has 0 fully saturated rings. The number of hydrogen-bond acceptors (Lipinski definition) is 1. The second kappa shape index (κ2) is 3.06. The van der Waals surface area contributed by atoms with E-state index in [9.17, 15) is 4.79 Å². The molecule has 0 unspecified atom stereocenters. The molecule has 0 aromatic heterocycles. The van der Waals surface area contributed by atoms with Crippen LogP contribution in [-0.2, 0) is 0 Å². The maximum Gasteiger partial charge on any atom is 0.416 e. The molecule has 1 N–H and O–H groups in total. The van der Waals surface area contributed by atoms with Gasteiger partial charge in [-0.15, -0.1) is 0 Å². The van der Waals surface area contributed by atoms with Crippen LogP contribution < -0.4 is 0 Å². The Balaban J connectivity index is 3.34. The van der Waals surface area contributed by atoms with Crippen LogP contribution in [-0.4, -0.2) is 20.9 Å². The van der Waals surface area contributed by atoms with Crippen LogP contribution in [0.15, 0.2) is 0 Å². The second-order valence-corrected chi connectivity index (χ2v) is 2.13. The second-order valence-electron chi connectivity index (χ2n) is 0.961. The summed E-state index contributed by atoms with van der Waals surface area (Å²) in [6.45, 7) is 2.32. The molecule has 0 bridgehead atoms. The van der Waals surface area contributed by atoms with E-state index < -0.39 is 6.09 Å². The van der Waals surface area contributed by atoms with Gasteiger partial charge in [-0.25, -0.2) is 4.79 Å². The number of amides is 1. The van der Waals surface area contributed by atoms with Gasteiger partial charge in [0, 0.05) is 6.54 Å². The molecular formula is C3H6INO2. The summed E-state index contributed by atoms with van der Waals surface area (Å²) < 4.78 is 1.18. The van der Waals surface area contributed by atoms with Gasteiger partial charge in [0.05, 0.1) is 22.9 Å². The summed E-state index contributed by atoms with van der Waals surface area (Å²) in [5, 5.41) is 8.10. The normalized spacial score (nSPS) is 8.29. The van der Waals surface area contributed by atoms with Gasteiger partial charge in [-0.3, -0.25) is 3.11 Å². The summed E-state index contributed by atoms with van der Waals surface area (Å²) in [7, 11) is 0. The van der Waals surface area contributed by atoms with E-state index in [4.69, 9.17) is 5.11 Å². The number of halogens is 1. The lowest BCUT2D eigenvalue weighted by Gasteiger charge is -2.03. The SMILES string of the molecule is CCN(I)C(=O)O. The number of rotatable bonds is 1. The molecule has 0 rings (SSSR count). The van der Waals surface area contributed by atoms with Crippen molar-refractivity contribution < 1.29 is 9.90 Å². The van der Waals surface area contributed by atoms with Gasteiger partial charge >= 0.3 is 6.09 Å². The zero-order chi connectivity index (χ0) is 5.86. The maximum absolute atomic E-state index is 9.85. The minimum absolute atomic E-state index is 0.538. The van der Waals surface area contributed by atoms with Crippen LogP contribution in [0.1, 0.15) is 6.92 Å². The van der Waals surface area contributed by atoms with Crippen molar-refractivity contribution in [1.82, 2.24) is 3.11 Å². The quantitative estimate of drug-likeness (QED) is 0.529. The lowest BCUT2D eigenvalue weighted by molar-refractivity contribution is 0.180. The Hall–Kier alpha value is 0. The van der Waals surface area contributed by atoms with Crippen molar-refractivity contribution in [3.8, 4) is 0 Å². The average Bonchev–Trinajstić information content (AvgIpc) is 1.65. The molecule has 0 atom stereocenters. The minimum Gasteiger partial charge on any atom is -0.464 e. The Labute approximate surface area is 55.8 Å². The van der Waals surface area contributed by atoms with Crippen molar-refractivity contribution in [3.63, 3.8) is 0 Å². The van der Waals surface area contributed by atoms with Crippen LogP contribution in [0.2, 0.25) is 0 Å². The van der Waals surface area contributed by atoms with E-state index in [1.165, 1.54) is 3.11 Å². The van der Waals surface area contributed by atoms with Gasteiger partial charge in [0.1, 0.15) is 0 Å². The van der Waals surface area contributed by atoms with Crippen molar-refractivity contribution in [2.24, 2.45) is 0 Å². The number of nitrogens with zero attached hydrogens (tertiary/aromatic N) is 1. The monoisotopic (exact) mass is 215 g/mol. The third-order valence-electron chi connectivity index (χ3n) is 0.485. The van der Waals surface area contributed by atoms with Gasteiger partial charge in [0.25, 0.3) is 0 Å². The van der Waals surface area contributed by atoms with Crippen molar-refractivity contribution >= 4 is 29.0 Å². The van der Waals surface area contributed by atoms with Gasteiger partial charge in [-0.1, -0.05) is 0 Å². The molecule has 0 spiro atoms. The maximum atomic E-state index is 9.85. The van der Waals surface area contributed by atoms with Crippen LogP contribution >= 0.6 is 22.9 Å². The van der Waals surface area contributed by atoms with E-state index in [-0.39, 0.29) is 0 Å². The van der Waals surface area contributed by atoms with Gasteiger partial charge in [-0.2, -0.15) is 0 Å². The molecule has 1 amide bonds. The first-order valence-corrected chi connectivity index (χ1v) is 2.81. The largest absolute Gasteiger partial charge is 0.464 e.